The summed E-state index contributed by atoms with van der Waals surface area (Å²) in [6.45, 7) is 6.54. The van der Waals surface area contributed by atoms with Gasteiger partial charge in [-0.15, -0.1) is 0 Å². The monoisotopic (exact) mass is 460 g/mol. The molecule has 2 aromatic carbocycles. The topological polar surface area (TPSA) is 89.0 Å². The standard InChI is InChI=1S/C23H25ClN2O6/c1-4-28-11-12-29-16(3)31-23(27)15(2)30-18-6-8-19(9-7-18)32-22-14-25-21-13-17(24)5-10-20(21)26-22/h5-10,13-16H,4,11-12H2,1-3H3. The highest BCUT2D eigenvalue weighted by atomic mass is 35.5. The molecule has 1 aromatic heterocycles. The van der Waals surface area contributed by atoms with E-state index in [1.807, 2.05) is 6.92 Å². The van der Waals surface area contributed by atoms with Gasteiger partial charge in [-0.25, -0.2) is 14.8 Å². The van der Waals surface area contributed by atoms with E-state index >= 15 is 0 Å². The van der Waals surface area contributed by atoms with E-state index in [1.54, 1.807) is 56.3 Å². The van der Waals surface area contributed by atoms with Gasteiger partial charge in [-0.05, 0) is 63.2 Å². The van der Waals surface area contributed by atoms with Gasteiger partial charge in [-0.1, -0.05) is 11.6 Å². The zero-order valence-electron chi connectivity index (χ0n) is 18.1. The molecular weight excluding hydrogens is 436 g/mol. The fraction of sp³-hybridized carbons (Fsp3) is 0.348. The van der Waals surface area contributed by atoms with Crippen molar-refractivity contribution in [2.24, 2.45) is 0 Å². The predicted octanol–water partition coefficient (Wildman–Crippen LogP) is 4.79. The molecule has 0 fully saturated rings. The number of carbonyl (C=O) groups is 1. The first kappa shape index (κ1) is 23.7. The maximum atomic E-state index is 12.2. The highest BCUT2D eigenvalue weighted by Crippen LogP contribution is 2.25. The summed E-state index contributed by atoms with van der Waals surface area (Å²) in [6.07, 6.45) is 0.0282. The fourth-order valence-electron chi connectivity index (χ4n) is 2.69. The quantitative estimate of drug-likeness (QED) is 0.229. The second-order valence-corrected chi connectivity index (χ2v) is 7.18. The second-order valence-electron chi connectivity index (χ2n) is 6.75. The van der Waals surface area contributed by atoms with Crippen LogP contribution in [0.2, 0.25) is 5.02 Å². The molecule has 170 valence electrons. The van der Waals surface area contributed by atoms with Gasteiger partial charge >= 0.3 is 5.97 Å². The van der Waals surface area contributed by atoms with Gasteiger partial charge in [0.15, 0.2) is 12.4 Å². The maximum Gasteiger partial charge on any atom is 0.349 e. The van der Waals surface area contributed by atoms with Crippen LogP contribution in [0.15, 0.2) is 48.7 Å². The number of fused-ring (bicyclic) bond motifs is 1. The Hall–Kier alpha value is -2.94. The number of hydrogen-bond donors (Lipinski definition) is 0. The van der Waals surface area contributed by atoms with Crippen LogP contribution in [0.5, 0.6) is 17.4 Å². The lowest BCUT2D eigenvalue weighted by Crippen LogP contribution is -2.30. The van der Waals surface area contributed by atoms with Crippen LogP contribution >= 0.6 is 11.6 Å². The SMILES string of the molecule is CCOCCOC(C)OC(=O)C(C)Oc1ccc(Oc2cnc3cc(Cl)ccc3n2)cc1. The molecule has 0 saturated heterocycles. The van der Waals surface area contributed by atoms with E-state index in [9.17, 15) is 4.79 Å². The first-order valence-electron chi connectivity index (χ1n) is 10.2. The number of halogens is 1. The Bertz CT molecular complexity index is 1030. The third kappa shape index (κ3) is 7.05. The molecule has 0 aliphatic carbocycles. The van der Waals surface area contributed by atoms with Crippen molar-refractivity contribution in [3.63, 3.8) is 0 Å². The molecule has 2 atom stereocenters. The van der Waals surface area contributed by atoms with Crippen LogP contribution in [-0.4, -0.2) is 48.2 Å². The Morgan fingerprint density at radius 3 is 2.53 bits per heavy atom. The van der Waals surface area contributed by atoms with Gasteiger partial charge in [-0.2, -0.15) is 0 Å². The second kappa shape index (κ2) is 11.6. The summed E-state index contributed by atoms with van der Waals surface area (Å²) in [6, 6.07) is 12.1. The van der Waals surface area contributed by atoms with Crippen molar-refractivity contribution >= 4 is 28.6 Å². The smallest absolute Gasteiger partial charge is 0.349 e. The lowest BCUT2D eigenvalue weighted by Gasteiger charge is -2.18. The molecule has 3 aromatic rings. The first-order chi connectivity index (χ1) is 15.4. The zero-order valence-corrected chi connectivity index (χ0v) is 18.9. The maximum absolute atomic E-state index is 12.2. The van der Waals surface area contributed by atoms with Gasteiger partial charge < -0.3 is 23.7 Å². The molecule has 0 aliphatic heterocycles. The Balaban J connectivity index is 1.50. The lowest BCUT2D eigenvalue weighted by molar-refractivity contribution is -0.183. The van der Waals surface area contributed by atoms with Crippen LogP contribution in [0.1, 0.15) is 20.8 Å². The highest BCUT2D eigenvalue weighted by Gasteiger charge is 2.19. The summed E-state index contributed by atoms with van der Waals surface area (Å²) in [7, 11) is 0. The van der Waals surface area contributed by atoms with E-state index in [1.165, 1.54) is 6.20 Å². The lowest BCUT2D eigenvalue weighted by atomic mass is 10.3. The third-order valence-corrected chi connectivity index (χ3v) is 4.47. The van der Waals surface area contributed by atoms with E-state index in [0.29, 0.717) is 53.3 Å². The molecular formula is C23H25ClN2O6. The van der Waals surface area contributed by atoms with Gasteiger partial charge in [-0.3, -0.25) is 0 Å². The summed E-state index contributed by atoms with van der Waals surface area (Å²) < 4.78 is 27.1. The van der Waals surface area contributed by atoms with Crippen molar-refractivity contribution in [1.29, 1.82) is 0 Å². The normalized spacial score (nSPS) is 12.9. The van der Waals surface area contributed by atoms with E-state index in [-0.39, 0.29) is 0 Å². The number of esters is 1. The fourth-order valence-corrected chi connectivity index (χ4v) is 2.85. The molecule has 0 N–H and O–H groups in total. The van der Waals surface area contributed by atoms with Crippen LogP contribution in [0.3, 0.4) is 0 Å². The molecule has 8 nitrogen and oxygen atoms in total. The number of hydrogen-bond acceptors (Lipinski definition) is 8. The average molecular weight is 461 g/mol. The summed E-state index contributed by atoms with van der Waals surface area (Å²) in [5.41, 5.74) is 1.36. The Kier molecular flexibility index (Phi) is 8.61. The molecule has 0 saturated carbocycles. The van der Waals surface area contributed by atoms with Gasteiger partial charge in [0.25, 0.3) is 0 Å². The highest BCUT2D eigenvalue weighted by molar-refractivity contribution is 6.31. The number of benzene rings is 2. The van der Waals surface area contributed by atoms with Gasteiger partial charge in [0.1, 0.15) is 11.5 Å². The number of aromatic nitrogens is 2. The van der Waals surface area contributed by atoms with Crippen molar-refractivity contribution in [2.75, 3.05) is 19.8 Å². The van der Waals surface area contributed by atoms with Crippen molar-refractivity contribution in [3.05, 3.63) is 53.7 Å². The summed E-state index contributed by atoms with van der Waals surface area (Å²) >= 11 is 5.96. The Labute approximate surface area is 191 Å². The average Bonchev–Trinajstić information content (AvgIpc) is 2.78. The van der Waals surface area contributed by atoms with Crippen LogP contribution in [0.25, 0.3) is 11.0 Å². The summed E-state index contributed by atoms with van der Waals surface area (Å²) in [5.74, 6) is 0.863. The molecule has 0 spiro atoms. The van der Waals surface area contributed by atoms with E-state index in [2.05, 4.69) is 9.97 Å². The Morgan fingerprint density at radius 1 is 1.03 bits per heavy atom. The van der Waals surface area contributed by atoms with E-state index in [4.69, 9.17) is 35.3 Å². The molecule has 9 heteroatoms. The Morgan fingerprint density at radius 2 is 1.78 bits per heavy atom. The minimum atomic E-state index is -0.808. The molecule has 2 unspecified atom stereocenters. The van der Waals surface area contributed by atoms with Gasteiger partial charge in [0.2, 0.25) is 5.88 Å². The van der Waals surface area contributed by atoms with Gasteiger partial charge in [0.05, 0.1) is 30.4 Å². The van der Waals surface area contributed by atoms with Crippen LogP contribution in [-0.2, 0) is 19.0 Å². The molecule has 0 aliphatic rings. The molecule has 3 rings (SSSR count). The molecule has 0 bridgehead atoms. The number of carbonyl (C=O) groups excluding carboxylic acids is 1. The molecule has 32 heavy (non-hydrogen) atoms. The van der Waals surface area contributed by atoms with Crippen molar-refractivity contribution in [1.82, 2.24) is 9.97 Å². The first-order valence-corrected chi connectivity index (χ1v) is 10.6. The number of ether oxygens (including phenoxy) is 5. The van der Waals surface area contributed by atoms with Crippen molar-refractivity contribution < 1.29 is 28.5 Å². The van der Waals surface area contributed by atoms with Crippen molar-refractivity contribution in [3.8, 4) is 17.4 Å². The molecule has 0 amide bonds. The van der Waals surface area contributed by atoms with Crippen LogP contribution in [0.4, 0.5) is 0 Å². The zero-order chi connectivity index (χ0) is 22.9. The number of rotatable bonds is 11. The van der Waals surface area contributed by atoms with Crippen molar-refractivity contribution in [2.45, 2.75) is 33.2 Å². The van der Waals surface area contributed by atoms with Gasteiger partial charge in [0, 0.05) is 11.6 Å². The minimum Gasteiger partial charge on any atom is -0.479 e. The van der Waals surface area contributed by atoms with E-state index in [0.717, 1.165) is 0 Å². The molecule has 0 radical (unpaired) electrons. The third-order valence-electron chi connectivity index (χ3n) is 4.24. The van der Waals surface area contributed by atoms with E-state index < -0.39 is 18.4 Å². The van der Waals surface area contributed by atoms with Crippen LogP contribution in [0, 0.1) is 0 Å². The predicted molar refractivity (Wildman–Crippen MR) is 119 cm³/mol. The summed E-state index contributed by atoms with van der Waals surface area (Å²) in [5, 5.41) is 0.595. The summed E-state index contributed by atoms with van der Waals surface area (Å²) in [4.78, 5) is 20.9. The number of nitrogens with zero attached hydrogens (tertiary/aromatic N) is 2. The minimum absolute atomic E-state index is 0.342. The largest absolute Gasteiger partial charge is 0.479 e. The molecule has 1 heterocycles. The van der Waals surface area contributed by atoms with Crippen LogP contribution < -0.4 is 9.47 Å².